The van der Waals surface area contributed by atoms with E-state index in [0.717, 1.165) is 11.2 Å². The van der Waals surface area contributed by atoms with Crippen LogP contribution in [-0.4, -0.2) is 18.4 Å². The van der Waals surface area contributed by atoms with Crippen LogP contribution >= 0.6 is 15.9 Å². The Kier molecular flexibility index (Phi) is 4.04. The van der Waals surface area contributed by atoms with Crippen molar-refractivity contribution in [2.24, 2.45) is 11.3 Å². The Morgan fingerprint density at radius 3 is 2.42 bits per heavy atom. The van der Waals surface area contributed by atoms with Crippen LogP contribution in [0.5, 0.6) is 0 Å². The average Bonchev–Trinajstić information content (AvgIpc) is 2.06. The van der Waals surface area contributed by atoms with E-state index < -0.39 is 0 Å². The lowest BCUT2D eigenvalue weighted by molar-refractivity contribution is 0.162. The molecule has 0 amide bonds. The molecule has 1 aliphatic rings. The van der Waals surface area contributed by atoms with Crippen LogP contribution in [0.2, 0.25) is 0 Å². The summed E-state index contributed by atoms with van der Waals surface area (Å²) in [6.07, 6.45) is 4.03. The van der Waals surface area contributed by atoms with Crippen LogP contribution in [0.4, 0.5) is 0 Å². The number of piperidine rings is 1. The summed E-state index contributed by atoms with van der Waals surface area (Å²) >= 11 is 3.54. The Bertz CT molecular complexity index is 128. The molecule has 1 N–H and O–H groups in total. The summed E-state index contributed by atoms with van der Waals surface area (Å²) in [7, 11) is 0. The second kappa shape index (κ2) is 4.61. The highest BCUT2D eigenvalue weighted by atomic mass is 79.9. The van der Waals surface area contributed by atoms with Crippen LogP contribution in [0.15, 0.2) is 0 Å². The molecule has 0 spiro atoms. The third-order valence-electron chi connectivity index (χ3n) is 3.18. The van der Waals surface area contributed by atoms with Crippen LogP contribution in [0.3, 0.4) is 0 Å². The van der Waals surface area contributed by atoms with Gasteiger partial charge in [-0.25, -0.2) is 0 Å². The predicted octanol–water partition coefficient (Wildman–Crippen LogP) is 2.80. The SMILES string of the molecule is CC(C)(CCBr)C1CCNCC1. The molecule has 2 heteroatoms. The zero-order valence-electron chi connectivity index (χ0n) is 8.20. The fourth-order valence-corrected chi connectivity index (χ4v) is 3.07. The van der Waals surface area contributed by atoms with Crippen molar-refractivity contribution in [2.45, 2.75) is 33.1 Å². The van der Waals surface area contributed by atoms with E-state index in [2.05, 4.69) is 35.1 Å². The molecule has 0 aromatic rings. The van der Waals surface area contributed by atoms with Crippen LogP contribution in [-0.2, 0) is 0 Å². The maximum Gasteiger partial charge on any atom is 0.00364 e. The topological polar surface area (TPSA) is 12.0 Å². The Balaban J connectivity index is 2.41. The van der Waals surface area contributed by atoms with Gasteiger partial charge in [-0.2, -0.15) is 0 Å². The van der Waals surface area contributed by atoms with E-state index in [1.807, 2.05) is 0 Å². The van der Waals surface area contributed by atoms with E-state index in [1.54, 1.807) is 0 Å². The molecule has 1 rings (SSSR count). The molecular formula is C10H20BrN. The van der Waals surface area contributed by atoms with E-state index in [4.69, 9.17) is 0 Å². The smallest absolute Gasteiger partial charge is 0.00364 e. The average molecular weight is 234 g/mol. The maximum absolute atomic E-state index is 3.54. The molecule has 1 nitrogen and oxygen atoms in total. The van der Waals surface area contributed by atoms with Crippen LogP contribution in [0, 0.1) is 11.3 Å². The number of rotatable bonds is 3. The van der Waals surface area contributed by atoms with E-state index in [1.165, 1.54) is 32.4 Å². The molecule has 0 radical (unpaired) electrons. The van der Waals surface area contributed by atoms with Crippen molar-refractivity contribution in [2.75, 3.05) is 18.4 Å². The fraction of sp³-hybridized carbons (Fsp3) is 1.00. The molecule has 0 aromatic carbocycles. The molecule has 1 heterocycles. The van der Waals surface area contributed by atoms with Crippen molar-refractivity contribution in [3.05, 3.63) is 0 Å². The summed E-state index contributed by atoms with van der Waals surface area (Å²) in [6, 6.07) is 0. The molecule has 0 atom stereocenters. The van der Waals surface area contributed by atoms with Crippen LogP contribution < -0.4 is 5.32 Å². The highest BCUT2D eigenvalue weighted by Crippen LogP contribution is 2.36. The number of alkyl halides is 1. The van der Waals surface area contributed by atoms with Crippen LogP contribution in [0.25, 0.3) is 0 Å². The summed E-state index contributed by atoms with van der Waals surface area (Å²) in [5, 5.41) is 4.56. The summed E-state index contributed by atoms with van der Waals surface area (Å²) < 4.78 is 0. The monoisotopic (exact) mass is 233 g/mol. The first-order valence-electron chi connectivity index (χ1n) is 4.93. The Morgan fingerprint density at radius 1 is 1.33 bits per heavy atom. The van der Waals surface area contributed by atoms with Gasteiger partial charge in [0.15, 0.2) is 0 Å². The highest BCUT2D eigenvalue weighted by molar-refractivity contribution is 9.09. The van der Waals surface area contributed by atoms with Crippen molar-refractivity contribution in [1.29, 1.82) is 0 Å². The Labute approximate surface area is 84.4 Å². The standard InChI is InChI=1S/C10H20BrN/c1-10(2,5-6-11)9-3-7-12-8-4-9/h9,12H,3-8H2,1-2H3. The minimum absolute atomic E-state index is 0.533. The predicted molar refractivity (Wildman–Crippen MR) is 57.8 cm³/mol. The summed E-state index contributed by atoms with van der Waals surface area (Å²) in [4.78, 5) is 0. The van der Waals surface area contributed by atoms with E-state index in [9.17, 15) is 0 Å². The largest absolute Gasteiger partial charge is 0.317 e. The lowest BCUT2D eigenvalue weighted by atomic mass is 9.72. The van der Waals surface area contributed by atoms with E-state index in [-0.39, 0.29) is 0 Å². The van der Waals surface area contributed by atoms with Crippen LogP contribution in [0.1, 0.15) is 33.1 Å². The second-order valence-corrected chi connectivity index (χ2v) is 5.24. The van der Waals surface area contributed by atoms with Gasteiger partial charge in [0.05, 0.1) is 0 Å². The quantitative estimate of drug-likeness (QED) is 0.740. The van der Waals surface area contributed by atoms with Gasteiger partial charge in [0.2, 0.25) is 0 Å². The van der Waals surface area contributed by atoms with Crippen molar-refractivity contribution in [3.8, 4) is 0 Å². The Morgan fingerprint density at radius 2 is 1.92 bits per heavy atom. The van der Waals surface area contributed by atoms with Gasteiger partial charge in [-0.3, -0.25) is 0 Å². The van der Waals surface area contributed by atoms with E-state index >= 15 is 0 Å². The van der Waals surface area contributed by atoms with Gasteiger partial charge < -0.3 is 5.32 Å². The van der Waals surface area contributed by atoms with Gasteiger partial charge in [-0.1, -0.05) is 29.8 Å². The van der Waals surface area contributed by atoms with Crippen molar-refractivity contribution >= 4 is 15.9 Å². The van der Waals surface area contributed by atoms with Gasteiger partial charge in [0, 0.05) is 5.33 Å². The number of halogens is 1. The first-order chi connectivity index (χ1) is 5.67. The molecule has 72 valence electrons. The van der Waals surface area contributed by atoms with Gasteiger partial charge >= 0.3 is 0 Å². The maximum atomic E-state index is 3.54. The first-order valence-corrected chi connectivity index (χ1v) is 6.05. The Hall–Kier alpha value is 0.440. The van der Waals surface area contributed by atoms with Gasteiger partial charge in [-0.15, -0.1) is 0 Å². The third-order valence-corrected chi connectivity index (χ3v) is 3.58. The molecule has 0 bridgehead atoms. The van der Waals surface area contributed by atoms with E-state index in [0.29, 0.717) is 5.41 Å². The highest BCUT2D eigenvalue weighted by Gasteiger charge is 2.29. The lowest BCUT2D eigenvalue weighted by Crippen LogP contribution is -2.35. The molecule has 1 fully saturated rings. The lowest BCUT2D eigenvalue weighted by Gasteiger charge is -2.37. The molecule has 0 aliphatic carbocycles. The summed E-state index contributed by atoms with van der Waals surface area (Å²) in [5.41, 5.74) is 0.533. The summed E-state index contributed by atoms with van der Waals surface area (Å²) in [6.45, 7) is 7.25. The van der Waals surface area contributed by atoms with Crippen molar-refractivity contribution in [1.82, 2.24) is 5.32 Å². The molecular weight excluding hydrogens is 214 g/mol. The number of hydrogen-bond donors (Lipinski definition) is 1. The third kappa shape index (κ3) is 2.74. The molecule has 1 aliphatic heterocycles. The normalized spacial score (nSPS) is 21.2. The molecule has 12 heavy (non-hydrogen) atoms. The second-order valence-electron chi connectivity index (χ2n) is 4.45. The molecule has 1 saturated heterocycles. The molecule has 0 aromatic heterocycles. The minimum atomic E-state index is 0.533. The van der Waals surface area contributed by atoms with Crippen molar-refractivity contribution in [3.63, 3.8) is 0 Å². The minimum Gasteiger partial charge on any atom is -0.317 e. The molecule has 0 unspecified atom stereocenters. The summed E-state index contributed by atoms with van der Waals surface area (Å²) in [5.74, 6) is 0.927. The zero-order chi connectivity index (χ0) is 9.03. The zero-order valence-corrected chi connectivity index (χ0v) is 9.78. The number of hydrogen-bond acceptors (Lipinski definition) is 1. The fourth-order valence-electron chi connectivity index (χ4n) is 2.05. The molecule has 0 saturated carbocycles. The first kappa shape index (κ1) is 10.5. The van der Waals surface area contributed by atoms with Gasteiger partial charge in [-0.05, 0) is 43.7 Å². The van der Waals surface area contributed by atoms with Gasteiger partial charge in [0.1, 0.15) is 0 Å². The van der Waals surface area contributed by atoms with Crippen molar-refractivity contribution < 1.29 is 0 Å². The number of nitrogens with one attached hydrogen (secondary N) is 1. The van der Waals surface area contributed by atoms with Gasteiger partial charge in [0.25, 0.3) is 0 Å².